The fourth-order valence-electron chi connectivity index (χ4n) is 3.00. The number of nitrogens with one attached hydrogen (secondary N) is 4. The Kier molecular flexibility index (Phi) is 6.42. The first-order valence-corrected chi connectivity index (χ1v) is 10.5. The highest BCUT2D eigenvalue weighted by Crippen LogP contribution is 2.19. The van der Waals surface area contributed by atoms with Crippen molar-refractivity contribution in [3.05, 3.63) is 48.2 Å². The highest BCUT2D eigenvalue weighted by Gasteiger charge is 2.21. The molecule has 152 valence electrons. The second-order valence-corrected chi connectivity index (χ2v) is 8.44. The molecule has 0 spiro atoms. The highest BCUT2D eigenvalue weighted by atomic mass is 32.2. The SMILES string of the molecule is CC1NNCC1CCCNc1ccc(S(=O)(=O)Nc2ccc(F)c(F)c2)cn1. The number of hydrazine groups is 1. The Morgan fingerprint density at radius 1 is 1.21 bits per heavy atom. The Labute approximate surface area is 163 Å². The molecule has 4 N–H and O–H groups in total. The number of rotatable bonds is 8. The Hall–Kier alpha value is -2.30. The van der Waals surface area contributed by atoms with E-state index >= 15 is 0 Å². The summed E-state index contributed by atoms with van der Waals surface area (Å²) in [4.78, 5) is 4.04. The van der Waals surface area contributed by atoms with Gasteiger partial charge in [0.25, 0.3) is 10.0 Å². The number of halogens is 2. The van der Waals surface area contributed by atoms with Crippen molar-refractivity contribution in [1.29, 1.82) is 0 Å². The van der Waals surface area contributed by atoms with Crippen LogP contribution in [0.25, 0.3) is 0 Å². The second kappa shape index (κ2) is 8.80. The lowest BCUT2D eigenvalue weighted by atomic mass is 9.98. The molecule has 0 amide bonds. The van der Waals surface area contributed by atoms with Gasteiger partial charge >= 0.3 is 0 Å². The monoisotopic (exact) mass is 411 g/mol. The zero-order valence-electron chi connectivity index (χ0n) is 15.4. The van der Waals surface area contributed by atoms with Crippen LogP contribution in [0.2, 0.25) is 0 Å². The zero-order chi connectivity index (χ0) is 20.1. The van der Waals surface area contributed by atoms with Gasteiger partial charge < -0.3 is 5.32 Å². The minimum Gasteiger partial charge on any atom is -0.370 e. The quantitative estimate of drug-likeness (QED) is 0.499. The van der Waals surface area contributed by atoms with E-state index in [4.69, 9.17) is 0 Å². The highest BCUT2D eigenvalue weighted by molar-refractivity contribution is 7.92. The largest absolute Gasteiger partial charge is 0.370 e. The molecule has 1 aliphatic rings. The van der Waals surface area contributed by atoms with E-state index in [9.17, 15) is 17.2 Å². The molecule has 1 saturated heterocycles. The summed E-state index contributed by atoms with van der Waals surface area (Å²) in [5, 5.41) is 3.17. The molecular formula is C18H23F2N5O2S. The first kappa shape index (κ1) is 20.4. The van der Waals surface area contributed by atoms with Crippen LogP contribution in [0.5, 0.6) is 0 Å². The third-order valence-electron chi connectivity index (χ3n) is 4.68. The van der Waals surface area contributed by atoms with Gasteiger partial charge in [0.1, 0.15) is 10.7 Å². The Balaban J connectivity index is 1.53. The summed E-state index contributed by atoms with van der Waals surface area (Å²) >= 11 is 0. The minimum atomic E-state index is -3.95. The van der Waals surface area contributed by atoms with Gasteiger partial charge in [-0.2, -0.15) is 0 Å². The van der Waals surface area contributed by atoms with Gasteiger partial charge in [-0.3, -0.25) is 15.6 Å². The predicted molar refractivity (Wildman–Crippen MR) is 103 cm³/mol. The second-order valence-electron chi connectivity index (χ2n) is 6.76. The fraction of sp³-hybridized carbons (Fsp3) is 0.389. The van der Waals surface area contributed by atoms with Gasteiger partial charge in [-0.25, -0.2) is 22.2 Å². The van der Waals surface area contributed by atoms with Crippen molar-refractivity contribution in [2.24, 2.45) is 5.92 Å². The maximum Gasteiger partial charge on any atom is 0.263 e. The van der Waals surface area contributed by atoms with Crippen molar-refractivity contribution in [2.75, 3.05) is 23.1 Å². The average Bonchev–Trinajstić information content (AvgIpc) is 3.07. The van der Waals surface area contributed by atoms with E-state index in [-0.39, 0.29) is 10.6 Å². The molecule has 0 radical (unpaired) electrons. The molecule has 2 unspecified atom stereocenters. The molecule has 28 heavy (non-hydrogen) atoms. The zero-order valence-corrected chi connectivity index (χ0v) is 16.2. The number of hydrogen-bond donors (Lipinski definition) is 4. The molecule has 7 nitrogen and oxygen atoms in total. The van der Waals surface area contributed by atoms with Gasteiger partial charge in [-0.1, -0.05) is 0 Å². The van der Waals surface area contributed by atoms with Crippen molar-refractivity contribution in [3.8, 4) is 0 Å². The number of nitrogens with zero attached hydrogens (tertiary/aromatic N) is 1. The van der Waals surface area contributed by atoms with Crippen molar-refractivity contribution in [1.82, 2.24) is 15.8 Å². The number of hydrogen-bond acceptors (Lipinski definition) is 6. The number of aromatic nitrogens is 1. The van der Waals surface area contributed by atoms with Crippen LogP contribution < -0.4 is 20.9 Å². The van der Waals surface area contributed by atoms with E-state index in [1.165, 1.54) is 12.3 Å². The molecule has 2 heterocycles. The van der Waals surface area contributed by atoms with Crippen molar-refractivity contribution >= 4 is 21.5 Å². The molecule has 1 fully saturated rings. The molecule has 0 saturated carbocycles. The minimum absolute atomic E-state index is 0.0637. The van der Waals surface area contributed by atoms with Gasteiger partial charge in [0, 0.05) is 31.4 Å². The van der Waals surface area contributed by atoms with E-state index < -0.39 is 21.7 Å². The van der Waals surface area contributed by atoms with Crippen LogP contribution in [0, 0.1) is 17.6 Å². The number of benzene rings is 1. The van der Waals surface area contributed by atoms with Crippen LogP contribution in [-0.2, 0) is 10.0 Å². The van der Waals surface area contributed by atoms with Gasteiger partial charge in [-0.15, -0.1) is 0 Å². The summed E-state index contributed by atoms with van der Waals surface area (Å²) in [6, 6.07) is 6.22. The van der Waals surface area contributed by atoms with E-state index in [1.807, 2.05) is 0 Å². The first-order valence-electron chi connectivity index (χ1n) is 9.01. The lowest BCUT2D eigenvalue weighted by Gasteiger charge is -2.13. The maximum atomic E-state index is 13.2. The lowest BCUT2D eigenvalue weighted by molar-refractivity contribution is 0.452. The Bertz CT molecular complexity index is 909. The molecule has 0 bridgehead atoms. The van der Waals surface area contributed by atoms with Gasteiger partial charge in [0.2, 0.25) is 0 Å². The molecule has 3 rings (SSSR count). The number of anilines is 2. The smallest absolute Gasteiger partial charge is 0.263 e. The van der Waals surface area contributed by atoms with Crippen LogP contribution >= 0.6 is 0 Å². The molecule has 1 aromatic heterocycles. The van der Waals surface area contributed by atoms with E-state index in [2.05, 4.69) is 32.8 Å². The third-order valence-corrected chi connectivity index (χ3v) is 6.04. The number of sulfonamides is 1. The standard InChI is InChI=1S/C18H23F2N5O2S/c1-12-13(10-23-24-12)3-2-8-21-18-7-5-15(11-22-18)28(26,27)25-14-4-6-16(19)17(20)9-14/h4-7,9,11-13,23-25H,2-3,8,10H2,1H3,(H,21,22). The number of pyridine rings is 1. The molecule has 0 aliphatic carbocycles. The van der Waals surface area contributed by atoms with Gasteiger partial charge in [-0.05, 0) is 49.9 Å². The maximum absolute atomic E-state index is 13.2. The predicted octanol–water partition coefficient (Wildman–Crippen LogP) is 2.47. The van der Waals surface area contributed by atoms with Crippen molar-refractivity contribution < 1.29 is 17.2 Å². The summed E-state index contributed by atoms with van der Waals surface area (Å²) in [6.45, 7) is 3.83. The summed E-state index contributed by atoms with van der Waals surface area (Å²) in [5.74, 6) is -1.02. The van der Waals surface area contributed by atoms with Crippen molar-refractivity contribution in [2.45, 2.75) is 30.7 Å². The average molecular weight is 411 g/mol. The molecule has 2 aromatic rings. The Morgan fingerprint density at radius 2 is 2.04 bits per heavy atom. The lowest BCUT2D eigenvalue weighted by Crippen LogP contribution is -2.28. The van der Waals surface area contributed by atoms with E-state index in [0.717, 1.165) is 44.1 Å². The van der Waals surface area contributed by atoms with Gasteiger partial charge in [0.05, 0.1) is 5.69 Å². The van der Waals surface area contributed by atoms with Crippen LogP contribution in [0.3, 0.4) is 0 Å². The van der Waals surface area contributed by atoms with Crippen LogP contribution in [0.1, 0.15) is 19.8 Å². The van der Waals surface area contributed by atoms with Crippen molar-refractivity contribution in [3.63, 3.8) is 0 Å². The van der Waals surface area contributed by atoms with E-state index in [1.54, 1.807) is 6.07 Å². The fourth-order valence-corrected chi connectivity index (χ4v) is 3.99. The molecule has 1 aromatic carbocycles. The van der Waals surface area contributed by atoms with E-state index in [0.29, 0.717) is 17.8 Å². The van der Waals surface area contributed by atoms with Crippen LogP contribution in [0.15, 0.2) is 41.4 Å². The molecule has 10 heteroatoms. The topological polar surface area (TPSA) is 95.1 Å². The summed E-state index contributed by atoms with van der Waals surface area (Å²) in [5.41, 5.74) is 6.26. The Morgan fingerprint density at radius 3 is 2.68 bits per heavy atom. The summed E-state index contributed by atoms with van der Waals surface area (Å²) in [6.07, 6.45) is 3.26. The van der Waals surface area contributed by atoms with Crippen LogP contribution in [0.4, 0.5) is 20.3 Å². The third kappa shape index (κ3) is 5.15. The summed E-state index contributed by atoms with van der Waals surface area (Å²) in [7, 11) is -3.95. The molecule has 2 atom stereocenters. The molecule has 1 aliphatic heterocycles. The molecular weight excluding hydrogens is 388 g/mol. The van der Waals surface area contributed by atoms with Gasteiger partial charge in [0.15, 0.2) is 11.6 Å². The first-order chi connectivity index (χ1) is 13.3. The summed E-state index contributed by atoms with van der Waals surface area (Å²) < 4.78 is 53.1. The normalized spacial score (nSPS) is 19.5. The van der Waals surface area contributed by atoms with Crippen LogP contribution in [-0.4, -0.2) is 32.5 Å².